The number of hydrogen-bond acceptors (Lipinski definition) is 5. The number of rotatable bonds is 4. The van der Waals surface area contributed by atoms with E-state index in [0.717, 1.165) is 46.5 Å². The van der Waals surface area contributed by atoms with Crippen molar-refractivity contribution in [2.45, 2.75) is 27.3 Å². The Kier molecular flexibility index (Phi) is 7.38. The molecule has 0 unspecified atom stereocenters. The van der Waals surface area contributed by atoms with Crippen molar-refractivity contribution in [2.24, 2.45) is 0 Å². The smallest absolute Gasteiger partial charge is 0.251 e. The number of nitrogens with zero attached hydrogens (tertiary/aromatic N) is 4. The van der Waals surface area contributed by atoms with Gasteiger partial charge in [0.15, 0.2) is 5.65 Å². The number of ether oxygens (including phenoxy) is 1. The Morgan fingerprint density at radius 3 is 2.59 bits per heavy atom. The van der Waals surface area contributed by atoms with E-state index >= 15 is 0 Å². The zero-order valence-electron chi connectivity index (χ0n) is 19.7. The monoisotopic (exact) mass is 480 g/mol. The van der Waals surface area contributed by atoms with E-state index in [0.29, 0.717) is 25.3 Å². The molecule has 0 spiro atoms. The van der Waals surface area contributed by atoms with Crippen LogP contribution in [0.4, 0.5) is 10.1 Å². The summed E-state index contributed by atoms with van der Waals surface area (Å²) in [7, 11) is 0. The van der Waals surface area contributed by atoms with E-state index in [2.05, 4.69) is 28.8 Å². The lowest BCUT2D eigenvalue weighted by atomic mass is 10.1. The van der Waals surface area contributed by atoms with Crippen LogP contribution in [-0.2, 0) is 11.3 Å². The molecular formula is C26H29FN4O2S. The lowest BCUT2D eigenvalue weighted by Gasteiger charge is -2.28. The molecule has 4 heterocycles. The van der Waals surface area contributed by atoms with E-state index in [1.54, 1.807) is 39.9 Å². The van der Waals surface area contributed by atoms with Gasteiger partial charge in [-0.05, 0) is 41.8 Å². The van der Waals surface area contributed by atoms with Crippen molar-refractivity contribution >= 4 is 29.5 Å². The van der Waals surface area contributed by atoms with Gasteiger partial charge in [0.2, 0.25) is 0 Å². The molecule has 5 rings (SSSR count). The van der Waals surface area contributed by atoms with Crippen molar-refractivity contribution in [3.63, 3.8) is 0 Å². The summed E-state index contributed by atoms with van der Waals surface area (Å²) in [6.45, 7) is 9.15. The molecule has 3 aromatic heterocycles. The molecule has 1 saturated heterocycles. The average Bonchev–Trinajstić information content (AvgIpc) is 3.20. The van der Waals surface area contributed by atoms with Crippen LogP contribution in [0.5, 0.6) is 0 Å². The third-order valence-corrected chi connectivity index (χ3v) is 6.17. The molecule has 0 aliphatic carbocycles. The van der Waals surface area contributed by atoms with Gasteiger partial charge in [-0.25, -0.2) is 9.37 Å². The Bertz CT molecular complexity index is 1360. The van der Waals surface area contributed by atoms with Crippen molar-refractivity contribution in [2.75, 3.05) is 31.2 Å². The maximum atomic E-state index is 13.5. The zero-order valence-corrected chi connectivity index (χ0v) is 20.6. The maximum Gasteiger partial charge on any atom is 0.251 e. The van der Waals surface area contributed by atoms with Crippen molar-refractivity contribution in [3.05, 3.63) is 82.3 Å². The normalized spacial score (nSPS) is 13.6. The molecule has 178 valence electrons. The molecule has 1 aliphatic rings. The van der Waals surface area contributed by atoms with Crippen LogP contribution in [0.2, 0.25) is 0 Å². The summed E-state index contributed by atoms with van der Waals surface area (Å²) in [5.74, 6) is -0.246. The van der Waals surface area contributed by atoms with E-state index in [1.807, 2.05) is 32.3 Å². The minimum Gasteiger partial charge on any atom is -0.378 e. The fraction of sp³-hybridized carbons (Fsp3) is 0.308. The third kappa shape index (κ3) is 4.88. The fourth-order valence-corrected chi connectivity index (χ4v) is 4.39. The van der Waals surface area contributed by atoms with Crippen LogP contribution in [0.25, 0.3) is 22.2 Å². The predicted molar refractivity (Wildman–Crippen MR) is 138 cm³/mol. The lowest BCUT2D eigenvalue weighted by molar-refractivity contribution is 0.122. The van der Waals surface area contributed by atoms with Gasteiger partial charge < -0.3 is 14.2 Å². The molecule has 0 N–H and O–H groups in total. The van der Waals surface area contributed by atoms with Crippen molar-refractivity contribution < 1.29 is 9.13 Å². The zero-order chi connectivity index (χ0) is 24.2. The Morgan fingerprint density at radius 2 is 1.88 bits per heavy atom. The molecule has 0 radical (unpaired) electrons. The van der Waals surface area contributed by atoms with Crippen molar-refractivity contribution in [3.8, 4) is 11.1 Å². The highest BCUT2D eigenvalue weighted by atomic mass is 32.1. The van der Waals surface area contributed by atoms with Crippen LogP contribution < -0.4 is 10.5 Å². The molecule has 1 fully saturated rings. The lowest BCUT2D eigenvalue weighted by Crippen LogP contribution is -2.36. The summed E-state index contributed by atoms with van der Waals surface area (Å²) in [5.41, 5.74) is 4.80. The first-order valence-electron chi connectivity index (χ1n) is 11.5. The van der Waals surface area contributed by atoms with Gasteiger partial charge >= 0.3 is 0 Å². The van der Waals surface area contributed by atoms with Crippen LogP contribution in [0.15, 0.2) is 59.8 Å². The molecule has 1 aliphatic heterocycles. The van der Waals surface area contributed by atoms with Gasteiger partial charge in [-0.1, -0.05) is 38.8 Å². The number of thiol groups is 1. The number of aromatic nitrogens is 3. The summed E-state index contributed by atoms with van der Waals surface area (Å²) < 4.78 is 22.3. The maximum absolute atomic E-state index is 13.5. The molecule has 0 amide bonds. The van der Waals surface area contributed by atoms with E-state index < -0.39 is 0 Å². The highest BCUT2D eigenvalue weighted by molar-refractivity contribution is 7.78. The molecule has 0 atom stereocenters. The number of hydrogen-bond donors (Lipinski definition) is 1. The quantitative estimate of drug-likeness (QED) is 0.422. The number of pyridine rings is 2. The number of morpholine rings is 1. The average molecular weight is 481 g/mol. The fourth-order valence-electron chi connectivity index (χ4n) is 4.11. The molecule has 0 bridgehead atoms. The Hall–Kier alpha value is -3.10. The molecule has 6 nitrogen and oxygen atoms in total. The van der Waals surface area contributed by atoms with E-state index in [4.69, 9.17) is 4.74 Å². The van der Waals surface area contributed by atoms with Gasteiger partial charge in [0, 0.05) is 42.5 Å². The SMILES string of the molecule is CC.Cc1cc(Cn2ccc(-c3cn(S)c4ncc(N5CCOCC5)cc34)cc2=O)ccc1F. The van der Waals surface area contributed by atoms with Gasteiger partial charge in [0.1, 0.15) is 5.82 Å². The van der Waals surface area contributed by atoms with Gasteiger partial charge in [0.05, 0.1) is 31.6 Å². The first kappa shape index (κ1) is 24.0. The minimum absolute atomic E-state index is 0.123. The van der Waals surface area contributed by atoms with Gasteiger partial charge in [0.25, 0.3) is 5.56 Å². The summed E-state index contributed by atoms with van der Waals surface area (Å²) in [5, 5.41) is 0.940. The van der Waals surface area contributed by atoms with Crippen LogP contribution in [0.3, 0.4) is 0 Å². The third-order valence-electron chi connectivity index (χ3n) is 5.87. The molecule has 8 heteroatoms. The number of halogens is 1. The first-order chi connectivity index (χ1) is 16.5. The summed E-state index contributed by atoms with van der Waals surface area (Å²) in [4.78, 5) is 19.7. The van der Waals surface area contributed by atoms with Crippen LogP contribution in [0, 0.1) is 12.7 Å². The molecular weight excluding hydrogens is 451 g/mol. The standard InChI is InChI=1S/C24H23FN4O2S.C2H6/c1-16-10-17(2-3-22(16)25)14-28-5-4-18(11-23(28)30)21-15-29(32)24-20(21)12-19(13-26-24)27-6-8-31-9-7-27;1-2/h2-5,10-13,15,32H,6-9,14H2,1H3;1-2H3. The van der Waals surface area contributed by atoms with Crippen molar-refractivity contribution in [1.29, 1.82) is 0 Å². The second-order valence-corrected chi connectivity index (χ2v) is 8.45. The number of anilines is 1. The number of fused-ring (bicyclic) bond motifs is 1. The Balaban J connectivity index is 0.00000133. The molecule has 4 aromatic rings. The van der Waals surface area contributed by atoms with E-state index in [9.17, 15) is 9.18 Å². The summed E-state index contributed by atoms with van der Waals surface area (Å²) >= 11 is 4.52. The van der Waals surface area contributed by atoms with Crippen LogP contribution >= 0.6 is 12.8 Å². The van der Waals surface area contributed by atoms with Gasteiger partial charge in [-0.15, -0.1) is 0 Å². The number of benzene rings is 1. The molecule has 1 aromatic carbocycles. The predicted octanol–water partition coefficient (Wildman–Crippen LogP) is 4.92. The second-order valence-electron chi connectivity index (χ2n) is 8.02. The second kappa shape index (κ2) is 10.4. The van der Waals surface area contributed by atoms with E-state index in [1.165, 1.54) is 6.07 Å². The highest BCUT2D eigenvalue weighted by Crippen LogP contribution is 2.32. The number of aryl methyl sites for hydroxylation is 1. The highest BCUT2D eigenvalue weighted by Gasteiger charge is 2.16. The van der Waals surface area contributed by atoms with Crippen LogP contribution in [-0.4, -0.2) is 39.8 Å². The summed E-state index contributed by atoms with van der Waals surface area (Å²) in [6.07, 6.45) is 5.51. The molecule has 34 heavy (non-hydrogen) atoms. The Labute approximate surface area is 204 Å². The van der Waals surface area contributed by atoms with Gasteiger partial charge in [-0.3, -0.25) is 8.77 Å². The minimum atomic E-state index is -0.246. The first-order valence-corrected chi connectivity index (χ1v) is 11.9. The largest absolute Gasteiger partial charge is 0.378 e. The van der Waals surface area contributed by atoms with Crippen LogP contribution in [0.1, 0.15) is 25.0 Å². The van der Waals surface area contributed by atoms with Gasteiger partial charge in [-0.2, -0.15) is 0 Å². The molecule has 0 saturated carbocycles. The van der Waals surface area contributed by atoms with Crippen molar-refractivity contribution in [1.82, 2.24) is 13.5 Å². The summed E-state index contributed by atoms with van der Waals surface area (Å²) in [6, 6.07) is 10.5. The topological polar surface area (TPSA) is 52.3 Å². The van der Waals surface area contributed by atoms with E-state index in [-0.39, 0.29) is 11.4 Å². The Morgan fingerprint density at radius 1 is 1.12 bits per heavy atom.